The highest BCUT2D eigenvalue weighted by atomic mass is 15.1. The van der Waals surface area contributed by atoms with E-state index in [1.165, 1.54) is 77.4 Å². The Kier molecular flexibility index (Phi) is 8.20. The fourth-order valence-electron chi connectivity index (χ4n) is 9.55. The Hall–Kier alpha value is -7.42. The molecule has 1 aromatic heterocycles. The van der Waals surface area contributed by atoms with Gasteiger partial charge in [-0.05, 0) is 104 Å². The third-order valence-electron chi connectivity index (χ3n) is 12.4. The Morgan fingerprint density at radius 1 is 0.407 bits per heavy atom. The first-order valence-corrected chi connectivity index (χ1v) is 20.5. The van der Waals surface area contributed by atoms with Crippen molar-refractivity contribution >= 4 is 38.7 Å². The highest BCUT2D eigenvalue weighted by Gasteiger charge is 2.36. The molecule has 0 atom stereocenters. The maximum absolute atomic E-state index is 2.44. The van der Waals surface area contributed by atoms with Crippen LogP contribution < -0.4 is 4.90 Å². The zero-order valence-electron chi connectivity index (χ0n) is 33.2. The number of aromatic nitrogens is 1. The van der Waals surface area contributed by atoms with Gasteiger partial charge in [0.1, 0.15) is 0 Å². The van der Waals surface area contributed by atoms with Gasteiger partial charge in [0, 0.05) is 38.8 Å². The van der Waals surface area contributed by atoms with Gasteiger partial charge in [0.2, 0.25) is 0 Å². The van der Waals surface area contributed by atoms with Crippen LogP contribution in [-0.2, 0) is 5.41 Å². The smallest absolute Gasteiger partial charge is 0.0619 e. The summed E-state index contributed by atoms with van der Waals surface area (Å²) in [6, 6.07) is 79.8. The van der Waals surface area contributed by atoms with Crippen molar-refractivity contribution in [1.82, 2.24) is 4.57 Å². The van der Waals surface area contributed by atoms with Crippen LogP contribution in [0.5, 0.6) is 0 Å². The fraction of sp³-hybridized carbons (Fsp3) is 0.0526. The average molecular weight is 755 g/mol. The Morgan fingerprint density at radius 2 is 1.02 bits per heavy atom. The second kappa shape index (κ2) is 13.9. The number of fused-ring (bicyclic) bond motifs is 5. The number of para-hydroxylation sites is 1. The zero-order chi connectivity index (χ0) is 39.5. The molecule has 0 saturated carbocycles. The number of hydrogen-bond donors (Lipinski definition) is 0. The summed E-state index contributed by atoms with van der Waals surface area (Å²) >= 11 is 0. The van der Waals surface area contributed by atoms with Gasteiger partial charge in [0.05, 0.1) is 16.9 Å². The second-order valence-electron chi connectivity index (χ2n) is 16.1. The molecule has 0 saturated heterocycles. The third-order valence-corrected chi connectivity index (χ3v) is 12.4. The summed E-state index contributed by atoms with van der Waals surface area (Å²) in [7, 11) is 0. The van der Waals surface area contributed by atoms with Gasteiger partial charge < -0.3 is 9.47 Å². The number of hydrogen-bond acceptors (Lipinski definition) is 1. The molecule has 0 unspecified atom stereocenters. The van der Waals surface area contributed by atoms with Crippen molar-refractivity contribution in [2.45, 2.75) is 19.3 Å². The van der Waals surface area contributed by atoms with Gasteiger partial charge in [-0.25, -0.2) is 0 Å². The predicted molar refractivity (Wildman–Crippen MR) is 249 cm³/mol. The predicted octanol–water partition coefficient (Wildman–Crippen LogP) is 15.6. The van der Waals surface area contributed by atoms with Crippen LogP contribution in [-0.4, -0.2) is 4.57 Å². The molecular formula is C57H42N2. The van der Waals surface area contributed by atoms with E-state index in [0.717, 1.165) is 22.7 Å². The fourth-order valence-corrected chi connectivity index (χ4v) is 9.55. The molecule has 280 valence electrons. The van der Waals surface area contributed by atoms with E-state index in [1.807, 2.05) is 0 Å². The van der Waals surface area contributed by atoms with Gasteiger partial charge in [-0.1, -0.05) is 178 Å². The zero-order valence-corrected chi connectivity index (χ0v) is 33.2. The first-order valence-electron chi connectivity index (χ1n) is 20.5. The molecule has 10 aromatic rings. The molecule has 2 heteroatoms. The van der Waals surface area contributed by atoms with Crippen LogP contribution in [0.2, 0.25) is 0 Å². The molecule has 9 aromatic carbocycles. The number of nitrogens with zero attached hydrogens (tertiary/aromatic N) is 2. The molecule has 0 spiro atoms. The maximum atomic E-state index is 2.44. The van der Waals surface area contributed by atoms with Crippen molar-refractivity contribution in [1.29, 1.82) is 0 Å². The van der Waals surface area contributed by atoms with Crippen LogP contribution in [0, 0.1) is 0 Å². The van der Waals surface area contributed by atoms with E-state index < -0.39 is 0 Å². The molecule has 0 fully saturated rings. The van der Waals surface area contributed by atoms with Gasteiger partial charge in [-0.15, -0.1) is 0 Å². The SMILES string of the molecule is CC1(C)c2ccccc2-c2ccc(N(c3ccc(-c4ccc5c(c4)c(-c4ccccc4)c(-c4ccccc4)n5-c4ccccc4)cc3)c3cccc4ccccc34)cc21. The summed E-state index contributed by atoms with van der Waals surface area (Å²) in [5, 5.41) is 3.66. The lowest BCUT2D eigenvalue weighted by Gasteiger charge is -2.29. The lowest BCUT2D eigenvalue weighted by Crippen LogP contribution is -2.16. The lowest BCUT2D eigenvalue weighted by molar-refractivity contribution is 0.660. The quantitative estimate of drug-likeness (QED) is 0.157. The van der Waals surface area contributed by atoms with Gasteiger partial charge in [-0.3, -0.25) is 0 Å². The van der Waals surface area contributed by atoms with Gasteiger partial charge in [0.15, 0.2) is 0 Å². The minimum atomic E-state index is -0.104. The van der Waals surface area contributed by atoms with Gasteiger partial charge in [0.25, 0.3) is 0 Å². The monoisotopic (exact) mass is 754 g/mol. The molecule has 0 amide bonds. The Labute approximate surface area is 345 Å². The number of rotatable bonds is 7. The molecule has 1 aliphatic rings. The van der Waals surface area contributed by atoms with Crippen LogP contribution in [0.3, 0.4) is 0 Å². The summed E-state index contributed by atoms with van der Waals surface area (Å²) in [5.41, 5.74) is 18.2. The molecule has 2 nitrogen and oxygen atoms in total. The minimum absolute atomic E-state index is 0.104. The Bertz CT molecular complexity index is 3150. The number of anilines is 3. The van der Waals surface area contributed by atoms with E-state index in [9.17, 15) is 0 Å². The molecule has 0 bridgehead atoms. The van der Waals surface area contributed by atoms with Crippen LogP contribution in [0.1, 0.15) is 25.0 Å². The lowest BCUT2D eigenvalue weighted by atomic mass is 9.82. The topological polar surface area (TPSA) is 8.17 Å². The highest BCUT2D eigenvalue weighted by molar-refractivity contribution is 6.07. The standard InChI is InChI=1S/C57H42N2/c1-57(2)51-27-15-14-26-48(51)49-35-34-46(38-52(49)57)58(53-28-16-22-40-17-12-13-25-47(40)53)45-32-29-39(30-33-45)43-31-36-54-50(37-43)55(41-18-6-3-7-19-41)56(42-20-8-4-9-21-42)59(54)44-23-10-5-11-24-44/h3-38H,1-2H3. The van der Waals surface area contributed by atoms with Crippen molar-refractivity contribution in [2.24, 2.45) is 0 Å². The summed E-state index contributed by atoms with van der Waals surface area (Å²) in [4.78, 5) is 2.44. The molecule has 1 heterocycles. The summed E-state index contributed by atoms with van der Waals surface area (Å²) < 4.78 is 2.43. The minimum Gasteiger partial charge on any atom is -0.310 e. The normalized spacial score (nSPS) is 12.7. The van der Waals surface area contributed by atoms with Crippen LogP contribution in [0.15, 0.2) is 218 Å². The van der Waals surface area contributed by atoms with E-state index in [-0.39, 0.29) is 5.41 Å². The second-order valence-corrected chi connectivity index (χ2v) is 16.1. The molecule has 0 N–H and O–H groups in total. The molecule has 11 rings (SSSR count). The van der Waals surface area contributed by atoms with Crippen molar-refractivity contribution in [3.63, 3.8) is 0 Å². The van der Waals surface area contributed by atoms with Crippen molar-refractivity contribution in [3.8, 4) is 50.3 Å². The first kappa shape index (κ1) is 34.8. The van der Waals surface area contributed by atoms with Crippen LogP contribution in [0.4, 0.5) is 17.1 Å². The molecular weight excluding hydrogens is 713 g/mol. The van der Waals surface area contributed by atoms with E-state index in [2.05, 4.69) is 242 Å². The molecule has 59 heavy (non-hydrogen) atoms. The third kappa shape index (κ3) is 5.71. The molecule has 0 aliphatic heterocycles. The van der Waals surface area contributed by atoms with Gasteiger partial charge in [-0.2, -0.15) is 0 Å². The van der Waals surface area contributed by atoms with E-state index in [4.69, 9.17) is 0 Å². The number of benzene rings is 9. The van der Waals surface area contributed by atoms with Crippen molar-refractivity contribution < 1.29 is 0 Å². The summed E-state index contributed by atoms with van der Waals surface area (Å²) in [6.07, 6.45) is 0. The molecule has 0 radical (unpaired) electrons. The van der Waals surface area contributed by atoms with Crippen LogP contribution >= 0.6 is 0 Å². The van der Waals surface area contributed by atoms with Gasteiger partial charge >= 0.3 is 0 Å². The highest BCUT2D eigenvalue weighted by Crippen LogP contribution is 2.51. The Balaban J connectivity index is 1.07. The first-order chi connectivity index (χ1) is 29.0. The molecule has 1 aliphatic carbocycles. The van der Waals surface area contributed by atoms with Crippen molar-refractivity contribution in [3.05, 3.63) is 230 Å². The van der Waals surface area contributed by atoms with E-state index in [0.29, 0.717) is 0 Å². The largest absolute Gasteiger partial charge is 0.310 e. The summed E-state index contributed by atoms with van der Waals surface area (Å²) in [5.74, 6) is 0. The van der Waals surface area contributed by atoms with E-state index >= 15 is 0 Å². The maximum Gasteiger partial charge on any atom is 0.0619 e. The van der Waals surface area contributed by atoms with Crippen LogP contribution in [0.25, 0.3) is 72.0 Å². The summed E-state index contributed by atoms with van der Waals surface area (Å²) in [6.45, 7) is 4.71. The van der Waals surface area contributed by atoms with E-state index in [1.54, 1.807) is 0 Å². The average Bonchev–Trinajstić information content (AvgIpc) is 3.76. The Morgan fingerprint density at radius 3 is 1.80 bits per heavy atom. The van der Waals surface area contributed by atoms with Crippen molar-refractivity contribution in [2.75, 3.05) is 4.90 Å².